The molecule has 0 fully saturated rings. The number of hydrogen-bond donors (Lipinski definition) is 1. The minimum absolute atomic E-state index is 0.0307. The van der Waals surface area contributed by atoms with Crippen LogP contribution in [0.15, 0.2) is 60.7 Å². The van der Waals surface area contributed by atoms with Gasteiger partial charge in [0, 0.05) is 18.8 Å². The van der Waals surface area contributed by atoms with Gasteiger partial charge in [0.1, 0.15) is 11.6 Å². The average molecular weight is 480 g/mol. The molecule has 0 bridgehead atoms. The normalized spacial score (nSPS) is 11.8. The lowest BCUT2D eigenvalue weighted by molar-refractivity contribution is -0.138. The smallest absolute Gasteiger partial charge is 0.418 e. The Morgan fingerprint density at radius 3 is 2.42 bits per heavy atom. The number of aromatic nitrogens is 1. The Balaban J connectivity index is 1.91. The summed E-state index contributed by atoms with van der Waals surface area (Å²) in [7, 11) is -0.593. The predicted molar refractivity (Wildman–Crippen MR) is 123 cm³/mol. The van der Waals surface area contributed by atoms with Gasteiger partial charge in [-0.3, -0.25) is 4.31 Å². The Morgan fingerprint density at radius 2 is 1.76 bits per heavy atom. The highest BCUT2D eigenvalue weighted by Gasteiger charge is 2.34. The highest BCUT2D eigenvalue weighted by Crippen LogP contribution is 2.34. The number of hydrogen-bond acceptors (Lipinski definition) is 5. The Labute approximate surface area is 191 Å². The monoisotopic (exact) mass is 479 g/mol. The van der Waals surface area contributed by atoms with E-state index in [4.69, 9.17) is 4.74 Å². The van der Waals surface area contributed by atoms with Crippen molar-refractivity contribution in [3.8, 4) is 5.75 Å². The first-order valence-corrected chi connectivity index (χ1v) is 11.8. The van der Waals surface area contributed by atoms with Gasteiger partial charge in [0.2, 0.25) is 10.0 Å². The third-order valence-electron chi connectivity index (χ3n) is 5.08. The Hall–Kier alpha value is -3.27. The number of anilines is 3. The van der Waals surface area contributed by atoms with Crippen molar-refractivity contribution in [1.29, 1.82) is 0 Å². The number of benzene rings is 2. The van der Waals surface area contributed by atoms with Crippen LogP contribution in [0.3, 0.4) is 0 Å². The van der Waals surface area contributed by atoms with Crippen molar-refractivity contribution in [3.63, 3.8) is 0 Å². The van der Waals surface area contributed by atoms with Crippen LogP contribution in [0, 0.1) is 0 Å². The van der Waals surface area contributed by atoms with Gasteiger partial charge in [0.05, 0.1) is 30.3 Å². The molecule has 0 aliphatic carbocycles. The molecule has 0 saturated heterocycles. The average Bonchev–Trinajstić information content (AvgIpc) is 2.76. The molecule has 1 N–H and O–H groups in total. The maximum absolute atomic E-state index is 13.6. The summed E-state index contributed by atoms with van der Waals surface area (Å²) in [6.07, 6.45) is -3.35. The van der Waals surface area contributed by atoms with Crippen molar-refractivity contribution in [2.45, 2.75) is 19.0 Å². The molecule has 1 heterocycles. The molecule has 0 aliphatic heterocycles. The molecule has 10 heteroatoms. The van der Waals surface area contributed by atoms with Gasteiger partial charge in [-0.2, -0.15) is 13.2 Å². The van der Waals surface area contributed by atoms with Gasteiger partial charge in [-0.1, -0.05) is 24.3 Å². The first-order chi connectivity index (χ1) is 15.5. The van der Waals surface area contributed by atoms with E-state index >= 15 is 0 Å². The Morgan fingerprint density at radius 1 is 1.03 bits per heavy atom. The molecule has 3 rings (SSSR count). The zero-order chi connectivity index (χ0) is 24.2. The molecule has 0 spiro atoms. The lowest BCUT2D eigenvalue weighted by Gasteiger charge is -2.20. The van der Waals surface area contributed by atoms with Crippen LogP contribution in [0.2, 0.25) is 0 Å². The Bertz CT molecular complexity index is 1230. The van der Waals surface area contributed by atoms with E-state index in [9.17, 15) is 21.6 Å². The predicted octanol–water partition coefficient (Wildman–Crippen LogP) is 5.03. The first kappa shape index (κ1) is 24.4. The van der Waals surface area contributed by atoms with E-state index in [1.807, 2.05) is 0 Å². The van der Waals surface area contributed by atoms with Crippen LogP contribution in [0.4, 0.5) is 30.4 Å². The number of aryl methyl sites for hydroxylation is 2. The van der Waals surface area contributed by atoms with E-state index < -0.39 is 21.8 Å². The fraction of sp³-hybridized carbons (Fsp3) is 0.261. The summed E-state index contributed by atoms with van der Waals surface area (Å²) < 4.78 is 71.1. The molecule has 3 aromatic rings. The lowest BCUT2D eigenvalue weighted by atomic mass is 10.0. The van der Waals surface area contributed by atoms with Crippen molar-refractivity contribution in [2.75, 3.05) is 30.0 Å². The number of halogens is 3. The van der Waals surface area contributed by atoms with Crippen molar-refractivity contribution in [1.82, 2.24) is 4.98 Å². The number of alkyl halides is 3. The third-order valence-corrected chi connectivity index (χ3v) is 6.27. The minimum Gasteiger partial charge on any atom is -0.497 e. The van der Waals surface area contributed by atoms with Gasteiger partial charge >= 0.3 is 6.18 Å². The highest BCUT2D eigenvalue weighted by molar-refractivity contribution is 7.92. The highest BCUT2D eigenvalue weighted by atomic mass is 32.2. The van der Waals surface area contributed by atoms with E-state index in [0.29, 0.717) is 22.7 Å². The maximum Gasteiger partial charge on any atom is 0.418 e. The topological polar surface area (TPSA) is 71.5 Å². The van der Waals surface area contributed by atoms with Crippen LogP contribution < -0.4 is 14.4 Å². The number of nitrogens with zero attached hydrogens (tertiary/aromatic N) is 2. The van der Waals surface area contributed by atoms with Crippen molar-refractivity contribution >= 4 is 27.2 Å². The second-order valence-electron chi connectivity index (χ2n) is 7.40. The van der Waals surface area contributed by atoms with E-state index in [1.165, 1.54) is 20.2 Å². The number of sulfonamides is 1. The summed E-state index contributed by atoms with van der Waals surface area (Å²) in [4.78, 5) is 4.22. The maximum atomic E-state index is 13.6. The quantitative estimate of drug-likeness (QED) is 0.491. The molecule has 1 aromatic heterocycles. The fourth-order valence-corrected chi connectivity index (χ4v) is 3.86. The zero-order valence-corrected chi connectivity index (χ0v) is 19.2. The number of rotatable bonds is 8. The third kappa shape index (κ3) is 6.16. The zero-order valence-electron chi connectivity index (χ0n) is 18.3. The number of nitrogens with one attached hydrogen (secondary N) is 1. The molecule has 2 aromatic carbocycles. The summed E-state index contributed by atoms with van der Waals surface area (Å²) in [5.41, 5.74) is 0.679. The number of ether oxygens (including phenoxy) is 1. The van der Waals surface area contributed by atoms with Crippen LogP contribution in [-0.2, 0) is 29.0 Å². The Kier molecular flexibility index (Phi) is 7.16. The molecule has 0 atom stereocenters. The van der Waals surface area contributed by atoms with Gasteiger partial charge in [0.15, 0.2) is 0 Å². The van der Waals surface area contributed by atoms with E-state index in [0.717, 1.165) is 16.6 Å². The molecule has 0 unspecified atom stereocenters. The van der Waals surface area contributed by atoms with Crippen molar-refractivity contribution < 1.29 is 26.3 Å². The van der Waals surface area contributed by atoms with Crippen molar-refractivity contribution in [3.05, 3.63) is 77.5 Å². The number of methoxy groups -OCH3 is 1. The molecular formula is C23H24F3N3O3S. The lowest BCUT2D eigenvalue weighted by Crippen LogP contribution is -2.26. The summed E-state index contributed by atoms with van der Waals surface area (Å²) in [5.74, 6) is 0.853. The van der Waals surface area contributed by atoms with E-state index in [1.54, 1.807) is 48.5 Å². The molecule has 0 aliphatic rings. The minimum atomic E-state index is -4.57. The van der Waals surface area contributed by atoms with Gasteiger partial charge in [-0.05, 0) is 48.7 Å². The molecule has 0 saturated carbocycles. The van der Waals surface area contributed by atoms with Crippen LogP contribution in [-0.4, -0.2) is 33.8 Å². The molecule has 0 amide bonds. The fourth-order valence-electron chi connectivity index (χ4n) is 3.33. The van der Waals surface area contributed by atoms with Gasteiger partial charge < -0.3 is 10.1 Å². The standard InChI is InChI=1S/C23H24F3N3O3S/c1-29(33(3,30)31)21-10-5-4-7-16(21)11-13-20-19(23(24,25)26)12-14-22(28-20)27-17-8-6-9-18(15-17)32-2/h4-10,12,14-15H,11,13H2,1-3H3,(H,27,28). The largest absolute Gasteiger partial charge is 0.497 e. The summed E-state index contributed by atoms with van der Waals surface area (Å²) >= 11 is 0. The van der Waals surface area contributed by atoms with Gasteiger partial charge in [-0.15, -0.1) is 0 Å². The number of pyridine rings is 1. The molecule has 6 nitrogen and oxygen atoms in total. The van der Waals surface area contributed by atoms with Crippen molar-refractivity contribution in [2.24, 2.45) is 0 Å². The summed E-state index contributed by atoms with van der Waals surface area (Å²) in [6.45, 7) is 0. The van der Waals surface area contributed by atoms with Crippen LogP contribution in [0.1, 0.15) is 16.8 Å². The molecule has 0 radical (unpaired) electrons. The summed E-state index contributed by atoms with van der Waals surface area (Å²) in [6, 6.07) is 15.9. The van der Waals surface area contributed by atoms with E-state index in [-0.39, 0.29) is 24.4 Å². The first-order valence-electron chi connectivity index (χ1n) is 9.99. The second kappa shape index (κ2) is 9.70. The van der Waals surface area contributed by atoms with Gasteiger partial charge in [0.25, 0.3) is 0 Å². The van der Waals surface area contributed by atoms with E-state index in [2.05, 4.69) is 10.3 Å². The second-order valence-corrected chi connectivity index (χ2v) is 9.42. The molecule has 33 heavy (non-hydrogen) atoms. The summed E-state index contributed by atoms with van der Waals surface area (Å²) in [5, 5.41) is 3.00. The van der Waals surface area contributed by atoms with Crippen LogP contribution in [0.5, 0.6) is 5.75 Å². The van der Waals surface area contributed by atoms with Gasteiger partial charge in [-0.25, -0.2) is 13.4 Å². The van der Waals surface area contributed by atoms with Crippen LogP contribution >= 0.6 is 0 Å². The van der Waals surface area contributed by atoms with Crippen LogP contribution in [0.25, 0.3) is 0 Å². The molecule has 176 valence electrons. The molecular weight excluding hydrogens is 455 g/mol. The number of para-hydroxylation sites is 1. The SMILES string of the molecule is COc1cccc(Nc2ccc(C(F)(F)F)c(CCc3ccccc3N(C)S(C)(=O)=O)n2)c1.